The minimum Gasteiger partial charge on any atom is -0.346 e. The van der Waals surface area contributed by atoms with Crippen LogP contribution in [0.1, 0.15) is 5.56 Å². The van der Waals surface area contributed by atoms with Crippen molar-refractivity contribution in [3.8, 4) is 0 Å². The number of aromatic nitrogens is 3. The fourth-order valence-corrected chi connectivity index (χ4v) is 4.03. The largest absolute Gasteiger partial charge is 0.346 e. The molecule has 0 atom stereocenters. The van der Waals surface area contributed by atoms with E-state index in [0.29, 0.717) is 12.2 Å². The number of hydrogen-bond acceptors (Lipinski definition) is 2. The van der Waals surface area contributed by atoms with Gasteiger partial charge >= 0.3 is 6.03 Å². The first-order valence-electron chi connectivity index (χ1n) is 9.50. The number of amides is 2. The zero-order valence-electron chi connectivity index (χ0n) is 15.9. The first-order valence-corrected chi connectivity index (χ1v) is 10.3. The lowest BCUT2D eigenvalue weighted by atomic mass is 10.2. The summed E-state index contributed by atoms with van der Waals surface area (Å²) in [4.78, 5) is 20.0. The van der Waals surface area contributed by atoms with Crippen molar-refractivity contribution in [2.24, 2.45) is 0 Å². The fraction of sp³-hybridized carbons (Fsp3) is 0.0435. The van der Waals surface area contributed by atoms with Crippen LogP contribution in [-0.2, 0) is 6.54 Å². The number of rotatable bonds is 4. The maximum Gasteiger partial charge on any atom is 0.323 e. The molecule has 0 radical (unpaired) electrons. The summed E-state index contributed by atoms with van der Waals surface area (Å²) in [6.07, 6.45) is 5.76. The Kier molecular flexibility index (Phi) is 4.72. The van der Waals surface area contributed by atoms with E-state index in [2.05, 4.69) is 47.2 Å². The van der Waals surface area contributed by atoms with Crippen molar-refractivity contribution in [1.29, 1.82) is 0 Å². The Morgan fingerprint density at radius 2 is 1.80 bits per heavy atom. The van der Waals surface area contributed by atoms with Crippen LogP contribution in [0.4, 0.5) is 16.2 Å². The predicted molar refractivity (Wildman–Crippen MR) is 124 cm³/mol. The summed E-state index contributed by atoms with van der Waals surface area (Å²) in [5, 5.41) is 7.93. The lowest BCUT2D eigenvalue weighted by Crippen LogP contribution is -2.19. The molecular weight excluding hydrogens is 442 g/mol. The van der Waals surface area contributed by atoms with Gasteiger partial charge in [0.05, 0.1) is 16.9 Å². The molecule has 0 spiro atoms. The minimum atomic E-state index is -0.287. The molecule has 30 heavy (non-hydrogen) atoms. The molecule has 7 heteroatoms. The van der Waals surface area contributed by atoms with E-state index < -0.39 is 0 Å². The van der Waals surface area contributed by atoms with E-state index in [4.69, 9.17) is 0 Å². The number of H-pyrrole nitrogens is 1. The Morgan fingerprint density at radius 1 is 0.967 bits per heavy atom. The SMILES string of the molecule is O=C(Nc1ccccc1Br)Nc1cccc2c1ccn2Cc1ccnc2[nH]ccc12. The molecule has 0 saturated heterocycles. The van der Waals surface area contributed by atoms with Gasteiger partial charge in [0.2, 0.25) is 0 Å². The van der Waals surface area contributed by atoms with Gasteiger partial charge in [0, 0.05) is 40.4 Å². The number of aromatic amines is 1. The highest BCUT2D eigenvalue weighted by atomic mass is 79.9. The van der Waals surface area contributed by atoms with Crippen molar-refractivity contribution in [2.45, 2.75) is 6.54 Å². The van der Waals surface area contributed by atoms with E-state index in [1.54, 1.807) is 0 Å². The number of nitrogens with one attached hydrogen (secondary N) is 3. The average Bonchev–Trinajstić information content (AvgIpc) is 3.38. The third kappa shape index (κ3) is 3.44. The number of para-hydroxylation sites is 1. The van der Waals surface area contributed by atoms with Gasteiger partial charge in [-0.2, -0.15) is 0 Å². The summed E-state index contributed by atoms with van der Waals surface area (Å²) in [6.45, 7) is 0.715. The highest BCUT2D eigenvalue weighted by Crippen LogP contribution is 2.27. The van der Waals surface area contributed by atoms with Crippen molar-refractivity contribution in [2.75, 3.05) is 10.6 Å². The summed E-state index contributed by atoms with van der Waals surface area (Å²) >= 11 is 3.45. The highest BCUT2D eigenvalue weighted by molar-refractivity contribution is 9.10. The molecule has 3 heterocycles. The van der Waals surface area contributed by atoms with Crippen LogP contribution in [0, 0.1) is 0 Å². The van der Waals surface area contributed by atoms with E-state index in [1.165, 1.54) is 5.56 Å². The Morgan fingerprint density at radius 3 is 2.70 bits per heavy atom. The number of hydrogen-bond donors (Lipinski definition) is 3. The quantitative estimate of drug-likeness (QED) is 0.309. The molecule has 0 bridgehead atoms. The van der Waals surface area contributed by atoms with Gasteiger partial charge in [0.15, 0.2) is 0 Å². The van der Waals surface area contributed by atoms with Crippen molar-refractivity contribution in [1.82, 2.24) is 14.5 Å². The van der Waals surface area contributed by atoms with Crippen LogP contribution in [0.15, 0.2) is 83.7 Å². The summed E-state index contributed by atoms with van der Waals surface area (Å²) in [5.41, 5.74) is 4.60. The number of pyridine rings is 1. The number of urea groups is 1. The molecule has 0 aliphatic heterocycles. The van der Waals surface area contributed by atoms with E-state index in [9.17, 15) is 4.79 Å². The lowest BCUT2D eigenvalue weighted by molar-refractivity contribution is 0.262. The smallest absolute Gasteiger partial charge is 0.323 e. The number of anilines is 2. The zero-order valence-corrected chi connectivity index (χ0v) is 17.5. The van der Waals surface area contributed by atoms with Gasteiger partial charge in [0.25, 0.3) is 0 Å². The normalized spacial score (nSPS) is 11.1. The second-order valence-electron chi connectivity index (χ2n) is 6.95. The van der Waals surface area contributed by atoms with Crippen molar-refractivity contribution in [3.63, 3.8) is 0 Å². The van der Waals surface area contributed by atoms with Gasteiger partial charge < -0.3 is 20.2 Å². The van der Waals surface area contributed by atoms with E-state index in [0.717, 1.165) is 32.1 Å². The standard InChI is InChI=1S/C23H18BrN5O/c24-18-4-1-2-5-20(18)28-23(30)27-19-6-3-7-21-17(19)10-13-29(21)14-15-8-11-25-22-16(15)9-12-26-22/h1-13H,14H2,(H,25,26)(H2,27,28,30). The molecule has 0 aliphatic carbocycles. The molecule has 0 aliphatic rings. The summed E-state index contributed by atoms with van der Waals surface area (Å²) in [7, 11) is 0. The van der Waals surface area contributed by atoms with Crippen LogP contribution >= 0.6 is 15.9 Å². The first kappa shape index (κ1) is 18.4. The molecule has 148 valence electrons. The zero-order chi connectivity index (χ0) is 20.5. The van der Waals surface area contributed by atoms with Crippen LogP contribution in [0.3, 0.4) is 0 Å². The Hall–Kier alpha value is -3.58. The molecule has 5 rings (SSSR count). The van der Waals surface area contributed by atoms with Crippen LogP contribution in [0.5, 0.6) is 0 Å². The van der Waals surface area contributed by atoms with Gasteiger partial charge in [-0.3, -0.25) is 0 Å². The Labute approximate surface area is 181 Å². The molecular formula is C23H18BrN5O. The maximum atomic E-state index is 12.5. The van der Waals surface area contributed by atoms with Crippen molar-refractivity contribution < 1.29 is 4.79 Å². The number of halogens is 1. The van der Waals surface area contributed by atoms with Crippen molar-refractivity contribution >= 4 is 55.3 Å². The number of nitrogens with zero attached hydrogens (tertiary/aromatic N) is 2. The second kappa shape index (κ2) is 7.68. The molecule has 0 unspecified atom stereocenters. The van der Waals surface area contributed by atoms with Gasteiger partial charge in [-0.05, 0) is 64.0 Å². The fourth-order valence-electron chi connectivity index (χ4n) is 3.65. The number of benzene rings is 2. The molecule has 2 amide bonds. The number of carbonyl (C=O) groups is 1. The number of carbonyl (C=O) groups excluding carboxylic acids is 1. The van der Waals surface area contributed by atoms with Crippen LogP contribution in [0.25, 0.3) is 21.9 Å². The molecule has 3 aromatic heterocycles. The average molecular weight is 460 g/mol. The van der Waals surface area contributed by atoms with Crippen LogP contribution in [-0.4, -0.2) is 20.6 Å². The minimum absolute atomic E-state index is 0.287. The third-order valence-corrected chi connectivity index (χ3v) is 5.77. The van der Waals surface area contributed by atoms with Gasteiger partial charge in [-0.25, -0.2) is 9.78 Å². The third-order valence-electron chi connectivity index (χ3n) is 5.08. The molecule has 0 fully saturated rings. The van der Waals surface area contributed by atoms with Gasteiger partial charge in [-0.15, -0.1) is 0 Å². The van der Waals surface area contributed by atoms with Gasteiger partial charge in [-0.1, -0.05) is 18.2 Å². The highest BCUT2D eigenvalue weighted by Gasteiger charge is 2.11. The molecule has 2 aromatic carbocycles. The Bertz CT molecular complexity index is 1370. The van der Waals surface area contributed by atoms with Crippen molar-refractivity contribution in [3.05, 3.63) is 89.3 Å². The topological polar surface area (TPSA) is 74.7 Å². The monoisotopic (exact) mass is 459 g/mol. The molecule has 6 nitrogen and oxygen atoms in total. The van der Waals surface area contributed by atoms with E-state index in [-0.39, 0.29) is 6.03 Å². The molecule has 5 aromatic rings. The second-order valence-corrected chi connectivity index (χ2v) is 7.81. The summed E-state index contributed by atoms with van der Waals surface area (Å²) in [5.74, 6) is 0. The number of fused-ring (bicyclic) bond motifs is 2. The molecule has 3 N–H and O–H groups in total. The summed E-state index contributed by atoms with van der Waals surface area (Å²) < 4.78 is 3.01. The maximum absolute atomic E-state index is 12.5. The van der Waals surface area contributed by atoms with Crippen LogP contribution in [0.2, 0.25) is 0 Å². The van der Waals surface area contributed by atoms with Crippen LogP contribution < -0.4 is 10.6 Å². The van der Waals surface area contributed by atoms with E-state index in [1.807, 2.05) is 73.2 Å². The predicted octanol–water partition coefficient (Wildman–Crippen LogP) is 5.97. The summed E-state index contributed by atoms with van der Waals surface area (Å²) in [6, 6.07) is 19.2. The Balaban J connectivity index is 1.41. The van der Waals surface area contributed by atoms with Gasteiger partial charge in [0.1, 0.15) is 5.65 Å². The van der Waals surface area contributed by atoms with E-state index >= 15 is 0 Å². The lowest BCUT2D eigenvalue weighted by Gasteiger charge is -2.11. The molecule has 0 saturated carbocycles. The first-order chi connectivity index (χ1) is 14.7.